The third kappa shape index (κ3) is 1.91. The lowest BCUT2D eigenvalue weighted by molar-refractivity contribution is 0.0964. The smallest absolute Gasteiger partial charge is 0.251 e. The van der Waals surface area contributed by atoms with E-state index in [0.29, 0.717) is 5.56 Å². The van der Waals surface area contributed by atoms with Gasteiger partial charge in [-0.1, -0.05) is 24.8 Å². The van der Waals surface area contributed by atoms with Gasteiger partial charge in [-0.3, -0.25) is 9.78 Å². The number of allylic oxidation sites excluding steroid dienone is 1. The highest BCUT2D eigenvalue weighted by molar-refractivity contribution is 6.07. The van der Waals surface area contributed by atoms with Gasteiger partial charge in [0.2, 0.25) is 0 Å². The Morgan fingerprint density at radius 3 is 2.71 bits per heavy atom. The van der Waals surface area contributed by atoms with Crippen molar-refractivity contribution in [3.63, 3.8) is 0 Å². The largest absolute Gasteiger partial charge is 0.355 e. The molecule has 0 saturated carbocycles. The molecule has 0 aliphatic carbocycles. The van der Waals surface area contributed by atoms with Gasteiger partial charge in [-0.2, -0.15) is 0 Å². The molecule has 3 heteroatoms. The molecule has 1 N–H and O–H groups in total. The Hall–Kier alpha value is -2.16. The molecule has 0 unspecified atom stereocenters. The average molecular weight is 226 g/mol. The molecule has 1 amide bonds. The van der Waals surface area contributed by atoms with Gasteiger partial charge in [-0.05, 0) is 18.6 Å². The number of hydrogen-bond donors (Lipinski definition) is 1. The molecular formula is C14H14N2O. The minimum atomic E-state index is -0.101. The molecule has 0 atom stereocenters. The predicted octanol–water partition coefficient (Wildman–Crippen LogP) is 2.63. The molecule has 1 heterocycles. The van der Waals surface area contributed by atoms with Gasteiger partial charge in [0.25, 0.3) is 5.91 Å². The van der Waals surface area contributed by atoms with Crippen LogP contribution < -0.4 is 5.32 Å². The molecule has 0 saturated heterocycles. The lowest BCUT2D eigenvalue weighted by atomic mass is 10.0. The number of nitrogens with zero attached hydrogens (tertiary/aromatic N) is 1. The van der Waals surface area contributed by atoms with Crippen LogP contribution in [0.25, 0.3) is 16.5 Å². The van der Waals surface area contributed by atoms with E-state index < -0.39 is 0 Å². The van der Waals surface area contributed by atoms with Gasteiger partial charge in [0.05, 0.1) is 11.1 Å². The number of benzene rings is 1. The zero-order valence-corrected chi connectivity index (χ0v) is 9.95. The molecule has 86 valence electrons. The fourth-order valence-corrected chi connectivity index (χ4v) is 1.85. The Morgan fingerprint density at radius 2 is 2.06 bits per heavy atom. The number of amides is 1. The molecule has 0 fully saturated rings. The number of carbonyl (C=O) groups excluding carboxylic acids is 1. The summed E-state index contributed by atoms with van der Waals surface area (Å²) in [6.45, 7) is 5.86. The molecule has 0 spiro atoms. The lowest BCUT2D eigenvalue weighted by Gasteiger charge is -2.08. The van der Waals surface area contributed by atoms with E-state index in [0.717, 1.165) is 22.0 Å². The Bertz CT molecular complexity index is 602. The van der Waals surface area contributed by atoms with Gasteiger partial charge >= 0.3 is 0 Å². The molecule has 1 aromatic heterocycles. The second-order valence-corrected chi connectivity index (χ2v) is 3.92. The summed E-state index contributed by atoms with van der Waals surface area (Å²) < 4.78 is 0. The number of carbonyl (C=O) groups is 1. The van der Waals surface area contributed by atoms with Crippen LogP contribution in [0, 0.1) is 0 Å². The molecule has 17 heavy (non-hydrogen) atoms. The van der Waals surface area contributed by atoms with E-state index in [1.165, 1.54) is 0 Å². The summed E-state index contributed by atoms with van der Waals surface area (Å²) in [7, 11) is 1.62. The van der Waals surface area contributed by atoms with Crippen molar-refractivity contribution in [3.8, 4) is 0 Å². The number of para-hydroxylation sites is 1. The SMILES string of the molecule is C=C(C)c1cccc2c(C(=O)NC)ccnc12. The summed E-state index contributed by atoms with van der Waals surface area (Å²) in [6, 6.07) is 7.51. The number of nitrogens with one attached hydrogen (secondary N) is 1. The van der Waals surface area contributed by atoms with Crippen molar-refractivity contribution in [1.82, 2.24) is 10.3 Å². The minimum Gasteiger partial charge on any atom is -0.355 e. The number of aromatic nitrogens is 1. The highest BCUT2D eigenvalue weighted by Crippen LogP contribution is 2.24. The monoisotopic (exact) mass is 226 g/mol. The number of rotatable bonds is 2. The van der Waals surface area contributed by atoms with Gasteiger partial charge in [-0.25, -0.2) is 0 Å². The fraction of sp³-hybridized carbons (Fsp3) is 0.143. The predicted molar refractivity (Wildman–Crippen MR) is 69.8 cm³/mol. The second kappa shape index (κ2) is 4.37. The first-order valence-electron chi connectivity index (χ1n) is 5.41. The van der Waals surface area contributed by atoms with Crippen molar-refractivity contribution in [3.05, 3.63) is 48.2 Å². The standard InChI is InChI=1S/C14H14N2O/c1-9(2)10-5-4-6-11-12(14(17)15-3)7-8-16-13(10)11/h4-8H,1H2,2-3H3,(H,15,17). The Morgan fingerprint density at radius 1 is 1.29 bits per heavy atom. The van der Waals surface area contributed by atoms with Crippen LogP contribution in [0.2, 0.25) is 0 Å². The van der Waals surface area contributed by atoms with Crippen LogP contribution in [-0.4, -0.2) is 17.9 Å². The molecular weight excluding hydrogens is 212 g/mol. The van der Waals surface area contributed by atoms with Crippen LogP contribution in [0.1, 0.15) is 22.8 Å². The lowest BCUT2D eigenvalue weighted by Crippen LogP contribution is -2.18. The first-order chi connectivity index (χ1) is 8.15. The van der Waals surface area contributed by atoms with Crippen LogP contribution in [0.4, 0.5) is 0 Å². The van der Waals surface area contributed by atoms with Crippen LogP contribution in [0.15, 0.2) is 37.0 Å². The summed E-state index contributed by atoms with van der Waals surface area (Å²) in [5.41, 5.74) is 3.38. The van der Waals surface area contributed by atoms with Crippen molar-refractivity contribution in [1.29, 1.82) is 0 Å². The van der Waals surface area contributed by atoms with E-state index in [-0.39, 0.29) is 5.91 Å². The quantitative estimate of drug-likeness (QED) is 0.855. The summed E-state index contributed by atoms with van der Waals surface area (Å²) in [5.74, 6) is -0.101. The van der Waals surface area contributed by atoms with Crippen LogP contribution >= 0.6 is 0 Å². The summed E-state index contributed by atoms with van der Waals surface area (Å²) in [4.78, 5) is 16.1. The summed E-state index contributed by atoms with van der Waals surface area (Å²) in [6.07, 6.45) is 1.65. The van der Waals surface area contributed by atoms with E-state index >= 15 is 0 Å². The van der Waals surface area contributed by atoms with Crippen molar-refractivity contribution in [2.24, 2.45) is 0 Å². The Balaban J connectivity index is 2.79. The molecule has 2 aromatic rings. The normalized spacial score (nSPS) is 10.2. The average Bonchev–Trinajstić information content (AvgIpc) is 2.36. The fourth-order valence-electron chi connectivity index (χ4n) is 1.85. The van der Waals surface area contributed by atoms with Gasteiger partial charge in [0, 0.05) is 24.2 Å². The molecule has 0 aliphatic rings. The van der Waals surface area contributed by atoms with Crippen LogP contribution in [0.3, 0.4) is 0 Å². The molecule has 0 radical (unpaired) electrons. The molecule has 2 rings (SSSR count). The molecule has 0 aliphatic heterocycles. The first kappa shape index (κ1) is 11.3. The van der Waals surface area contributed by atoms with Crippen molar-refractivity contribution >= 4 is 22.4 Å². The maximum atomic E-state index is 11.7. The third-order valence-electron chi connectivity index (χ3n) is 2.70. The van der Waals surface area contributed by atoms with Crippen molar-refractivity contribution in [2.75, 3.05) is 7.05 Å². The van der Waals surface area contributed by atoms with Crippen LogP contribution in [-0.2, 0) is 0 Å². The minimum absolute atomic E-state index is 0.101. The molecule has 1 aromatic carbocycles. The maximum absolute atomic E-state index is 11.7. The Labute approximate surface area is 100 Å². The summed E-state index contributed by atoms with van der Waals surface area (Å²) >= 11 is 0. The van der Waals surface area contributed by atoms with Gasteiger partial charge in [0.15, 0.2) is 0 Å². The number of pyridine rings is 1. The van der Waals surface area contributed by atoms with Crippen molar-refractivity contribution in [2.45, 2.75) is 6.92 Å². The number of fused-ring (bicyclic) bond motifs is 1. The maximum Gasteiger partial charge on any atom is 0.251 e. The van der Waals surface area contributed by atoms with Gasteiger partial charge in [0.1, 0.15) is 0 Å². The summed E-state index contributed by atoms with van der Waals surface area (Å²) in [5, 5.41) is 3.49. The van der Waals surface area contributed by atoms with E-state index in [9.17, 15) is 4.79 Å². The van der Waals surface area contributed by atoms with Gasteiger partial charge < -0.3 is 5.32 Å². The van der Waals surface area contributed by atoms with Gasteiger partial charge in [-0.15, -0.1) is 0 Å². The molecule has 3 nitrogen and oxygen atoms in total. The molecule has 0 bridgehead atoms. The Kier molecular flexibility index (Phi) is 2.91. The zero-order chi connectivity index (χ0) is 12.4. The highest BCUT2D eigenvalue weighted by Gasteiger charge is 2.11. The topological polar surface area (TPSA) is 42.0 Å². The van der Waals surface area contributed by atoms with Crippen molar-refractivity contribution < 1.29 is 4.79 Å². The number of hydrogen-bond acceptors (Lipinski definition) is 2. The second-order valence-electron chi connectivity index (χ2n) is 3.92. The van der Waals surface area contributed by atoms with E-state index in [1.54, 1.807) is 19.3 Å². The van der Waals surface area contributed by atoms with Crippen LogP contribution in [0.5, 0.6) is 0 Å². The first-order valence-corrected chi connectivity index (χ1v) is 5.41. The zero-order valence-electron chi connectivity index (χ0n) is 9.95. The van der Waals surface area contributed by atoms with E-state index in [1.807, 2.05) is 25.1 Å². The third-order valence-corrected chi connectivity index (χ3v) is 2.70. The highest BCUT2D eigenvalue weighted by atomic mass is 16.1. The van der Waals surface area contributed by atoms with E-state index in [2.05, 4.69) is 16.9 Å². The van der Waals surface area contributed by atoms with E-state index in [4.69, 9.17) is 0 Å².